The van der Waals surface area contributed by atoms with Crippen molar-refractivity contribution in [2.75, 3.05) is 0 Å². The van der Waals surface area contributed by atoms with Crippen LogP contribution in [0.25, 0.3) is 0 Å². The summed E-state index contributed by atoms with van der Waals surface area (Å²) in [6.45, 7) is 1.94. The molecule has 0 radical (unpaired) electrons. The van der Waals surface area contributed by atoms with E-state index in [0.717, 1.165) is 12.1 Å². The number of rotatable bonds is 5. The van der Waals surface area contributed by atoms with Gasteiger partial charge in [-0.3, -0.25) is 4.79 Å². The second kappa shape index (κ2) is 8.98. The number of nitrogens with one attached hydrogen (secondary N) is 2. The molecule has 0 spiro atoms. The van der Waals surface area contributed by atoms with Crippen LogP contribution >= 0.6 is 0 Å². The van der Waals surface area contributed by atoms with Crippen molar-refractivity contribution in [2.45, 2.75) is 44.1 Å². The fourth-order valence-corrected chi connectivity index (χ4v) is 3.04. The molecular weight excluding hydrogens is 432 g/mol. The standard InChI is InChI=1S/C17H18F3N3O.C2HF3O2/c1-2-12-10-21-14(22-12)8-15(24)23-16(9-13(16)17(18,19)20)11-6-4-3-5-7-11;3-2(4,5)1(6)7/h3-7,10,13H,2,8-9H2,1H3,(H,21,22)(H,23,24);(H,6,7). The average molecular weight is 451 g/mol. The van der Waals surface area contributed by atoms with E-state index < -0.39 is 35.7 Å². The van der Waals surface area contributed by atoms with E-state index >= 15 is 0 Å². The zero-order valence-corrected chi connectivity index (χ0v) is 16.1. The maximum atomic E-state index is 13.2. The Balaban J connectivity index is 0.000000423. The number of carboxylic acids is 1. The lowest BCUT2D eigenvalue weighted by atomic mass is 10.0. The molecule has 6 nitrogen and oxygen atoms in total. The minimum Gasteiger partial charge on any atom is -0.475 e. The summed E-state index contributed by atoms with van der Waals surface area (Å²) in [5.41, 5.74) is 0.000992. The Bertz CT molecular complexity index is 911. The van der Waals surface area contributed by atoms with Crippen LogP contribution in [0.4, 0.5) is 26.3 Å². The van der Waals surface area contributed by atoms with Crippen LogP contribution in [-0.2, 0) is 28.0 Å². The molecule has 1 fully saturated rings. The van der Waals surface area contributed by atoms with Crippen molar-refractivity contribution in [1.29, 1.82) is 0 Å². The molecule has 1 amide bonds. The largest absolute Gasteiger partial charge is 0.490 e. The monoisotopic (exact) mass is 451 g/mol. The first-order valence-corrected chi connectivity index (χ1v) is 9.05. The number of carboxylic acid groups (broad SMARTS) is 1. The minimum atomic E-state index is -5.08. The predicted molar refractivity (Wildman–Crippen MR) is 95.8 cm³/mol. The van der Waals surface area contributed by atoms with Crippen LogP contribution in [0.3, 0.4) is 0 Å². The zero-order valence-electron chi connectivity index (χ0n) is 16.1. The van der Waals surface area contributed by atoms with Crippen LogP contribution in [-0.4, -0.2) is 39.3 Å². The van der Waals surface area contributed by atoms with Gasteiger partial charge in [0.1, 0.15) is 5.82 Å². The van der Waals surface area contributed by atoms with Gasteiger partial charge >= 0.3 is 18.3 Å². The van der Waals surface area contributed by atoms with E-state index in [2.05, 4.69) is 15.3 Å². The number of carbonyl (C=O) groups is 2. The number of carbonyl (C=O) groups excluding carboxylic acids is 1. The van der Waals surface area contributed by atoms with E-state index in [4.69, 9.17) is 9.90 Å². The first-order chi connectivity index (χ1) is 14.3. The number of hydrogen-bond donors (Lipinski definition) is 3. The van der Waals surface area contributed by atoms with Crippen molar-refractivity contribution < 1.29 is 41.0 Å². The normalized spacial score (nSPS) is 20.4. The van der Waals surface area contributed by atoms with Gasteiger partial charge in [-0.15, -0.1) is 0 Å². The number of halogens is 6. The van der Waals surface area contributed by atoms with Crippen molar-refractivity contribution >= 4 is 11.9 Å². The van der Waals surface area contributed by atoms with Crippen molar-refractivity contribution in [1.82, 2.24) is 15.3 Å². The molecule has 170 valence electrons. The number of H-pyrrole nitrogens is 1. The first kappa shape index (κ1) is 24.2. The van der Waals surface area contributed by atoms with Crippen molar-refractivity contribution in [3.05, 3.63) is 53.6 Å². The molecule has 1 aliphatic carbocycles. The molecule has 1 aliphatic rings. The summed E-state index contributed by atoms with van der Waals surface area (Å²) in [6, 6.07) is 8.32. The maximum Gasteiger partial charge on any atom is 0.490 e. The summed E-state index contributed by atoms with van der Waals surface area (Å²) in [6.07, 6.45) is -7.25. The van der Waals surface area contributed by atoms with Crippen molar-refractivity contribution in [3.63, 3.8) is 0 Å². The van der Waals surface area contributed by atoms with E-state index in [-0.39, 0.29) is 12.8 Å². The van der Waals surface area contributed by atoms with Gasteiger partial charge < -0.3 is 15.4 Å². The van der Waals surface area contributed by atoms with Crippen LogP contribution in [0.15, 0.2) is 36.5 Å². The molecule has 2 atom stereocenters. The highest BCUT2D eigenvalue weighted by molar-refractivity contribution is 5.79. The van der Waals surface area contributed by atoms with Crippen LogP contribution in [0, 0.1) is 5.92 Å². The highest BCUT2D eigenvalue weighted by atomic mass is 19.4. The Morgan fingerprint density at radius 1 is 1.19 bits per heavy atom. The Morgan fingerprint density at radius 2 is 1.77 bits per heavy atom. The van der Waals surface area contributed by atoms with Gasteiger partial charge in [-0.05, 0) is 18.4 Å². The molecule has 3 rings (SSSR count). The van der Waals surface area contributed by atoms with Crippen LogP contribution in [0.2, 0.25) is 0 Å². The van der Waals surface area contributed by atoms with E-state index in [9.17, 15) is 31.1 Å². The SMILES string of the molecule is CCc1cnc(CC(=O)NC2(c3ccccc3)CC2C(F)(F)F)[nH]1.O=C(O)C(F)(F)F. The summed E-state index contributed by atoms with van der Waals surface area (Å²) in [7, 11) is 0. The molecule has 0 bridgehead atoms. The molecule has 0 aliphatic heterocycles. The molecular formula is C19H19F6N3O3. The van der Waals surface area contributed by atoms with Gasteiger partial charge in [0.2, 0.25) is 5.91 Å². The summed E-state index contributed by atoms with van der Waals surface area (Å²) >= 11 is 0. The summed E-state index contributed by atoms with van der Waals surface area (Å²) in [5, 5.41) is 9.72. The number of nitrogens with zero attached hydrogens (tertiary/aromatic N) is 1. The average Bonchev–Trinajstić information content (AvgIpc) is 3.24. The third-order valence-electron chi connectivity index (χ3n) is 4.64. The van der Waals surface area contributed by atoms with E-state index in [1.807, 2.05) is 6.92 Å². The predicted octanol–water partition coefficient (Wildman–Crippen LogP) is 3.74. The van der Waals surface area contributed by atoms with Crippen LogP contribution < -0.4 is 5.32 Å². The molecule has 1 saturated carbocycles. The number of aryl methyl sites for hydroxylation is 1. The maximum absolute atomic E-state index is 13.2. The fraction of sp³-hybridized carbons (Fsp3) is 0.421. The summed E-state index contributed by atoms with van der Waals surface area (Å²) < 4.78 is 71.3. The molecule has 0 saturated heterocycles. The summed E-state index contributed by atoms with van der Waals surface area (Å²) in [4.78, 5) is 28.2. The fourth-order valence-electron chi connectivity index (χ4n) is 3.04. The Hall–Kier alpha value is -3.05. The number of hydrogen-bond acceptors (Lipinski definition) is 3. The topological polar surface area (TPSA) is 95.1 Å². The summed E-state index contributed by atoms with van der Waals surface area (Å²) in [5.74, 6) is -4.33. The zero-order chi connectivity index (χ0) is 23.4. The van der Waals surface area contributed by atoms with E-state index in [1.54, 1.807) is 36.5 Å². The smallest absolute Gasteiger partial charge is 0.475 e. The number of alkyl halides is 6. The van der Waals surface area contributed by atoms with Gasteiger partial charge in [0, 0.05) is 11.9 Å². The molecule has 1 heterocycles. The van der Waals surface area contributed by atoms with Crippen molar-refractivity contribution in [2.24, 2.45) is 5.92 Å². The lowest BCUT2D eigenvalue weighted by Gasteiger charge is -2.21. The van der Waals surface area contributed by atoms with Gasteiger partial charge in [-0.1, -0.05) is 37.3 Å². The quantitative estimate of drug-likeness (QED) is 0.604. The lowest BCUT2D eigenvalue weighted by molar-refractivity contribution is -0.192. The second-order valence-corrected chi connectivity index (χ2v) is 6.87. The second-order valence-electron chi connectivity index (χ2n) is 6.87. The number of aliphatic carboxylic acids is 1. The lowest BCUT2D eigenvalue weighted by Crippen LogP contribution is -2.40. The molecule has 2 aromatic rings. The Kier molecular flexibility index (Phi) is 7.02. The van der Waals surface area contributed by atoms with Gasteiger partial charge in [0.15, 0.2) is 0 Å². The highest BCUT2D eigenvalue weighted by Crippen LogP contribution is 2.59. The molecule has 3 N–H and O–H groups in total. The number of benzene rings is 1. The highest BCUT2D eigenvalue weighted by Gasteiger charge is 2.68. The van der Waals surface area contributed by atoms with Gasteiger partial charge in [0.25, 0.3) is 0 Å². The van der Waals surface area contributed by atoms with Gasteiger partial charge in [-0.2, -0.15) is 26.3 Å². The van der Waals surface area contributed by atoms with E-state index in [1.165, 1.54) is 0 Å². The first-order valence-electron chi connectivity index (χ1n) is 9.05. The van der Waals surface area contributed by atoms with Crippen LogP contribution in [0.5, 0.6) is 0 Å². The number of aromatic nitrogens is 2. The van der Waals surface area contributed by atoms with E-state index in [0.29, 0.717) is 11.4 Å². The molecule has 31 heavy (non-hydrogen) atoms. The van der Waals surface area contributed by atoms with Gasteiger partial charge in [-0.25, -0.2) is 9.78 Å². The Labute approximate surface area is 172 Å². The molecule has 2 unspecified atom stereocenters. The Morgan fingerprint density at radius 3 is 2.19 bits per heavy atom. The molecule has 12 heteroatoms. The molecule has 1 aromatic carbocycles. The molecule has 1 aromatic heterocycles. The minimum absolute atomic E-state index is 0.0703. The van der Waals surface area contributed by atoms with Crippen LogP contribution in [0.1, 0.15) is 30.4 Å². The number of imidazole rings is 1. The number of aromatic amines is 1. The number of amides is 1. The van der Waals surface area contributed by atoms with Gasteiger partial charge in [0.05, 0.1) is 17.9 Å². The third kappa shape index (κ3) is 6.22. The third-order valence-corrected chi connectivity index (χ3v) is 4.64. The van der Waals surface area contributed by atoms with Crippen molar-refractivity contribution in [3.8, 4) is 0 Å².